The minimum Gasteiger partial charge on any atom is -0.508 e. The van der Waals surface area contributed by atoms with Crippen molar-refractivity contribution < 1.29 is 24.9 Å². The summed E-state index contributed by atoms with van der Waals surface area (Å²) >= 11 is 0. The number of aromatic hydroxyl groups is 2. The van der Waals surface area contributed by atoms with Crippen LogP contribution in [0.2, 0.25) is 0 Å². The quantitative estimate of drug-likeness (QED) is 0.618. The first-order chi connectivity index (χ1) is 7.93. The Hall–Kier alpha value is -2.24. The van der Waals surface area contributed by atoms with E-state index >= 15 is 0 Å². The fourth-order valence-corrected chi connectivity index (χ4v) is 1.31. The molecule has 1 rings (SSSR count). The van der Waals surface area contributed by atoms with Crippen molar-refractivity contribution in [3.8, 4) is 11.5 Å². The Bertz CT molecular complexity index is 423. The number of amides is 1. The molecule has 6 heteroatoms. The fraction of sp³-hybridized carbons (Fsp3) is 0.273. The molecule has 0 bridgehead atoms. The third-order valence-corrected chi connectivity index (χ3v) is 2.18. The lowest BCUT2D eigenvalue weighted by molar-refractivity contribution is -0.139. The van der Waals surface area contributed by atoms with Crippen LogP contribution in [0.5, 0.6) is 11.5 Å². The number of carboxylic acid groups (broad SMARTS) is 1. The van der Waals surface area contributed by atoms with Crippen LogP contribution in [0.1, 0.15) is 23.7 Å². The summed E-state index contributed by atoms with van der Waals surface area (Å²) in [6, 6.07) is 2.37. The van der Waals surface area contributed by atoms with E-state index < -0.39 is 17.9 Å². The van der Waals surface area contributed by atoms with Crippen LogP contribution in [0, 0.1) is 0 Å². The minimum atomic E-state index is -1.13. The Kier molecular flexibility index (Phi) is 3.92. The second kappa shape index (κ2) is 5.20. The third kappa shape index (κ3) is 3.37. The Labute approximate surface area is 97.5 Å². The summed E-state index contributed by atoms with van der Waals surface area (Å²) in [5.74, 6) is -2.33. The monoisotopic (exact) mass is 239 g/mol. The Morgan fingerprint density at radius 2 is 1.76 bits per heavy atom. The molecule has 6 nitrogen and oxygen atoms in total. The molecule has 1 atom stereocenters. The van der Waals surface area contributed by atoms with E-state index in [0.29, 0.717) is 0 Å². The molecule has 0 radical (unpaired) electrons. The van der Waals surface area contributed by atoms with Gasteiger partial charge in [0.2, 0.25) is 0 Å². The molecular formula is C11H13NO5. The van der Waals surface area contributed by atoms with Crippen molar-refractivity contribution in [1.82, 2.24) is 5.32 Å². The van der Waals surface area contributed by atoms with Gasteiger partial charge in [-0.1, -0.05) is 6.92 Å². The van der Waals surface area contributed by atoms with E-state index in [4.69, 9.17) is 5.11 Å². The van der Waals surface area contributed by atoms with Crippen LogP contribution < -0.4 is 5.32 Å². The Morgan fingerprint density at radius 1 is 1.24 bits per heavy atom. The van der Waals surface area contributed by atoms with Crippen molar-refractivity contribution in [2.45, 2.75) is 19.4 Å². The maximum atomic E-state index is 11.6. The number of carbonyl (C=O) groups is 2. The van der Waals surface area contributed by atoms with Crippen molar-refractivity contribution in [1.29, 1.82) is 0 Å². The summed E-state index contributed by atoms with van der Waals surface area (Å²) in [7, 11) is 0. The number of carbonyl (C=O) groups excluding carboxylic acids is 1. The van der Waals surface area contributed by atoms with Gasteiger partial charge in [0.25, 0.3) is 5.91 Å². The molecule has 0 spiro atoms. The molecular weight excluding hydrogens is 226 g/mol. The zero-order valence-electron chi connectivity index (χ0n) is 9.17. The summed E-state index contributed by atoms with van der Waals surface area (Å²) in [6.45, 7) is 1.62. The Morgan fingerprint density at radius 3 is 2.18 bits per heavy atom. The first kappa shape index (κ1) is 12.8. The molecule has 0 aliphatic heterocycles. The van der Waals surface area contributed by atoms with Gasteiger partial charge >= 0.3 is 5.97 Å². The average molecular weight is 239 g/mol. The van der Waals surface area contributed by atoms with Gasteiger partial charge in [-0.15, -0.1) is 0 Å². The number of phenolic OH excluding ortho intramolecular Hbond substituents is 2. The third-order valence-electron chi connectivity index (χ3n) is 2.18. The van der Waals surface area contributed by atoms with E-state index in [1.807, 2.05) is 0 Å². The summed E-state index contributed by atoms with van der Waals surface area (Å²) < 4.78 is 0. The number of phenols is 2. The number of hydrogen-bond donors (Lipinski definition) is 4. The SMILES string of the molecule is CC[C@H](NC(=O)c1cc(O)cc(O)c1)C(=O)O. The largest absolute Gasteiger partial charge is 0.508 e. The molecule has 4 N–H and O–H groups in total. The average Bonchev–Trinajstić information content (AvgIpc) is 2.23. The zero-order chi connectivity index (χ0) is 13.0. The number of nitrogens with one attached hydrogen (secondary N) is 1. The van der Waals surface area contributed by atoms with E-state index in [0.717, 1.165) is 18.2 Å². The van der Waals surface area contributed by atoms with Crippen molar-refractivity contribution in [3.05, 3.63) is 23.8 Å². The standard InChI is InChI=1S/C11H13NO5/c1-2-9(11(16)17)12-10(15)6-3-7(13)5-8(14)4-6/h3-5,9,13-14H,2H2,1H3,(H,12,15)(H,16,17)/t9-/m0/s1. The maximum Gasteiger partial charge on any atom is 0.326 e. The number of aliphatic carboxylic acids is 1. The molecule has 0 aromatic heterocycles. The van der Waals surface area contributed by atoms with Crippen LogP contribution in [0.15, 0.2) is 18.2 Å². The molecule has 0 saturated carbocycles. The molecule has 0 aliphatic rings. The van der Waals surface area contributed by atoms with Crippen LogP contribution in [0.4, 0.5) is 0 Å². The van der Waals surface area contributed by atoms with Gasteiger partial charge in [-0.25, -0.2) is 4.79 Å². The van der Waals surface area contributed by atoms with Gasteiger partial charge in [0.15, 0.2) is 0 Å². The van der Waals surface area contributed by atoms with E-state index in [1.165, 1.54) is 0 Å². The minimum absolute atomic E-state index is 0.00204. The molecule has 17 heavy (non-hydrogen) atoms. The summed E-state index contributed by atoms with van der Waals surface area (Å²) in [5.41, 5.74) is 0.00204. The number of rotatable bonds is 4. The molecule has 0 heterocycles. The van der Waals surface area contributed by atoms with Gasteiger partial charge in [-0.2, -0.15) is 0 Å². The van der Waals surface area contributed by atoms with Gasteiger partial charge in [0, 0.05) is 11.6 Å². The van der Waals surface area contributed by atoms with Gasteiger partial charge in [-0.3, -0.25) is 4.79 Å². The lowest BCUT2D eigenvalue weighted by Crippen LogP contribution is -2.40. The van der Waals surface area contributed by atoms with Gasteiger partial charge < -0.3 is 20.6 Å². The molecule has 1 amide bonds. The van der Waals surface area contributed by atoms with Gasteiger partial charge in [-0.05, 0) is 18.6 Å². The van der Waals surface area contributed by atoms with Crippen LogP contribution in [0.25, 0.3) is 0 Å². The molecule has 0 unspecified atom stereocenters. The molecule has 1 aromatic carbocycles. The molecule has 0 saturated heterocycles. The summed E-state index contributed by atoms with van der Waals surface area (Å²) in [5, 5.41) is 29.4. The normalized spacial score (nSPS) is 11.8. The highest BCUT2D eigenvalue weighted by atomic mass is 16.4. The second-order valence-electron chi connectivity index (χ2n) is 3.51. The highest BCUT2D eigenvalue weighted by Gasteiger charge is 2.19. The van der Waals surface area contributed by atoms with Gasteiger partial charge in [0.05, 0.1) is 0 Å². The first-order valence-electron chi connectivity index (χ1n) is 5.00. The van der Waals surface area contributed by atoms with Crippen molar-refractivity contribution in [2.24, 2.45) is 0 Å². The van der Waals surface area contributed by atoms with Crippen LogP contribution in [-0.4, -0.2) is 33.2 Å². The second-order valence-corrected chi connectivity index (χ2v) is 3.51. The van der Waals surface area contributed by atoms with Crippen molar-refractivity contribution >= 4 is 11.9 Å². The fourth-order valence-electron chi connectivity index (χ4n) is 1.31. The topological polar surface area (TPSA) is 107 Å². The smallest absolute Gasteiger partial charge is 0.326 e. The molecule has 0 aliphatic carbocycles. The summed E-state index contributed by atoms with van der Waals surface area (Å²) in [6.07, 6.45) is 0.242. The van der Waals surface area contributed by atoms with Crippen LogP contribution in [0.3, 0.4) is 0 Å². The number of carboxylic acids is 1. The molecule has 0 fully saturated rings. The lowest BCUT2D eigenvalue weighted by atomic mass is 10.1. The summed E-state index contributed by atoms with van der Waals surface area (Å²) in [4.78, 5) is 22.3. The molecule has 92 valence electrons. The predicted molar refractivity (Wildman–Crippen MR) is 59.0 cm³/mol. The first-order valence-corrected chi connectivity index (χ1v) is 5.00. The van der Waals surface area contributed by atoms with Crippen molar-refractivity contribution in [2.75, 3.05) is 0 Å². The predicted octanol–water partition coefficient (Wildman–Crippen LogP) is 0.691. The van der Waals surface area contributed by atoms with Crippen molar-refractivity contribution in [3.63, 3.8) is 0 Å². The zero-order valence-corrected chi connectivity index (χ0v) is 9.17. The van der Waals surface area contributed by atoms with E-state index in [2.05, 4.69) is 5.32 Å². The number of benzene rings is 1. The number of hydrogen-bond acceptors (Lipinski definition) is 4. The maximum absolute atomic E-state index is 11.6. The Balaban J connectivity index is 2.86. The molecule has 1 aromatic rings. The lowest BCUT2D eigenvalue weighted by Gasteiger charge is -2.12. The van der Waals surface area contributed by atoms with E-state index in [9.17, 15) is 19.8 Å². The van der Waals surface area contributed by atoms with E-state index in [1.54, 1.807) is 6.92 Å². The van der Waals surface area contributed by atoms with E-state index in [-0.39, 0.29) is 23.5 Å². The van der Waals surface area contributed by atoms with Gasteiger partial charge in [0.1, 0.15) is 17.5 Å². The van der Waals surface area contributed by atoms with Crippen LogP contribution in [-0.2, 0) is 4.79 Å². The highest BCUT2D eigenvalue weighted by Crippen LogP contribution is 2.20. The van der Waals surface area contributed by atoms with Crippen LogP contribution >= 0.6 is 0 Å². The highest BCUT2D eigenvalue weighted by molar-refractivity contribution is 5.97.